The van der Waals surface area contributed by atoms with Crippen molar-refractivity contribution >= 4 is 11.6 Å². The molecule has 126 valence electrons. The van der Waals surface area contributed by atoms with Gasteiger partial charge in [-0.25, -0.2) is 13.5 Å². The zero-order valence-electron chi connectivity index (χ0n) is 13.0. The molecule has 0 atom stereocenters. The van der Waals surface area contributed by atoms with Gasteiger partial charge >= 0.3 is 0 Å². The van der Waals surface area contributed by atoms with Crippen molar-refractivity contribution in [1.29, 1.82) is 0 Å². The second-order valence-electron chi connectivity index (χ2n) is 5.81. The predicted molar refractivity (Wildman–Crippen MR) is 85.8 cm³/mol. The molecule has 1 saturated carbocycles. The number of anilines is 1. The highest BCUT2D eigenvalue weighted by Crippen LogP contribution is 2.36. The van der Waals surface area contributed by atoms with Crippen LogP contribution in [0, 0.1) is 11.6 Å². The van der Waals surface area contributed by atoms with Gasteiger partial charge in [-0.1, -0.05) is 6.07 Å². The highest BCUT2D eigenvalue weighted by Gasteiger charge is 2.28. The number of hydrogen-bond donors (Lipinski definition) is 1. The van der Waals surface area contributed by atoms with Crippen molar-refractivity contribution in [3.05, 3.63) is 59.7 Å². The summed E-state index contributed by atoms with van der Waals surface area (Å²) in [6.07, 6.45) is 2.11. The molecule has 1 fully saturated rings. The molecular formula is C17H13F2N5O. The van der Waals surface area contributed by atoms with E-state index in [0.717, 1.165) is 30.5 Å². The number of nitrogens with one attached hydrogen (secondary N) is 1. The summed E-state index contributed by atoms with van der Waals surface area (Å²) in [6.45, 7) is 0. The van der Waals surface area contributed by atoms with Gasteiger partial charge in [-0.05, 0) is 59.7 Å². The van der Waals surface area contributed by atoms with E-state index in [0.29, 0.717) is 17.6 Å². The maximum absolute atomic E-state index is 13.7. The Labute approximate surface area is 141 Å². The second-order valence-corrected chi connectivity index (χ2v) is 5.81. The van der Waals surface area contributed by atoms with Crippen LogP contribution >= 0.6 is 0 Å². The minimum atomic E-state index is -0.905. The lowest BCUT2D eigenvalue weighted by atomic mass is 10.1. The highest BCUT2D eigenvalue weighted by molar-refractivity contribution is 6.04. The van der Waals surface area contributed by atoms with Crippen LogP contribution in [0.3, 0.4) is 0 Å². The number of benzene rings is 2. The van der Waals surface area contributed by atoms with Crippen molar-refractivity contribution in [2.45, 2.75) is 18.9 Å². The van der Waals surface area contributed by atoms with Crippen LogP contribution in [-0.2, 0) is 0 Å². The van der Waals surface area contributed by atoms with Gasteiger partial charge in [-0.15, -0.1) is 5.10 Å². The third kappa shape index (κ3) is 2.98. The summed E-state index contributed by atoms with van der Waals surface area (Å²) < 4.78 is 29.1. The van der Waals surface area contributed by atoms with Crippen LogP contribution in [0.15, 0.2) is 42.5 Å². The van der Waals surface area contributed by atoms with Gasteiger partial charge in [0, 0.05) is 11.3 Å². The molecule has 2 aromatic carbocycles. The molecule has 1 amide bonds. The first kappa shape index (κ1) is 15.4. The number of nitrogens with zero attached hydrogens (tertiary/aromatic N) is 4. The Morgan fingerprint density at radius 3 is 2.40 bits per heavy atom. The van der Waals surface area contributed by atoms with Crippen molar-refractivity contribution < 1.29 is 13.6 Å². The summed E-state index contributed by atoms with van der Waals surface area (Å²) in [6, 6.07) is 10.4. The summed E-state index contributed by atoms with van der Waals surface area (Å²) in [7, 11) is 0. The summed E-state index contributed by atoms with van der Waals surface area (Å²) in [5.74, 6) is -2.00. The largest absolute Gasteiger partial charge is 0.322 e. The van der Waals surface area contributed by atoms with E-state index in [-0.39, 0.29) is 0 Å². The lowest BCUT2D eigenvalue weighted by molar-refractivity contribution is 0.101. The van der Waals surface area contributed by atoms with Gasteiger partial charge in [0.2, 0.25) is 0 Å². The average molecular weight is 341 g/mol. The lowest BCUT2D eigenvalue weighted by Crippen LogP contribution is -2.15. The number of hydrogen-bond acceptors (Lipinski definition) is 4. The van der Waals surface area contributed by atoms with Crippen molar-refractivity contribution in [3.63, 3.8) is 0 Å². The first-order valence-electron chi connectivity index (χ1n) is 7.77. The van der Waals surface area contributed by atoms with E-state index in [4.69, 9.17) is 0 Å². The van der Waals surface area contributed by atoms with Gasteiger partial charge in [0.15, 0.2) is 5.82 Å². The number of carbonyl (C=O) groups is 1. The minimum Gasteiger partial charge on any atom is -0.322 e. The average Bonchev–Trinajstić information content (AvgIpc) is 3.32. The predicted octanol–water partition coefficient (Wildman–Crippen LogP) is 3.21. The van der Waals surface area contributed by atoms with Gasteiger partial charge in [0.1, 0.15) is 17.2 Å². The fraction of sp³-hybridized carbons (Fsp3) is 0.176. The number of halogens is 2. The molecule has 1 N–H and O–H groups in total. The number of amides is 1. The molecule has 0 saturated heterocycles. The number of rotatable bonds is 4. The fourth-order valence-electron chi connectivity index (χ4n) is 2.56. The van der Waals surface area contributed by atoms with Crippen LogP contribution in [0.5, 0.6) is 0 Å². The summed E-state index contributed by atoms with van der Waals surface area (Å²) in [5.41, 5.74) is 0.609. The maximum Gasteiger partial charge on any atom is 0.261 e. The molecule has 1 aliphatic rings. The first-order chi connectivity index (χ1) is 12.1. The van der Waals surface area contributed by atoms with Crippen molar-refractivity contribution in [2.24, 2.45) is 0 Å². The van der Waals surface area contributed by atoms with Crippen LogP contribution < -0.4 is 5.32 Å². The van der Waals surface area contributed by atoms with Crippen LogP contribution in [0.2, 0.25) is 0 Å². The third-order valence-electron chi connectivity index (χ3n) is 3.98. The molecule has 0 radical (unpaired) electrons. The van der Waals surface area contributed by atoms with Crippen molar-refractivity contribution in [1.82, 2.24) is 20.2 Å². The van der Waals surface area contributed by atoms with Crippen molar-refractivity contribution in [3.8, 4) is 11.4 Å². The van der Waals surface area contributed by atoms with Gasteiger partial charge in [0.05, 0.1) is 6.04 Å². The molecule has 6 nitrogen and oxygen atoms in total. The first-order valence-corrected chi connectivity index (χ1v) is 7.77. The number of tetrazole rings is 1. The topological polar surface area (TPSA) is 72.7 Å². The van der Waals surface area contributed by atoms with E-state index in [9.17, 15) is 13.6 Å². The van der Waals surface area contributed by atoms with E-state index >= 15 is 0 Å². The Bertz CT molecular complexity index is 914. The van der Waals surface area contributed by atoms with E-state index in [1.165, 1.54) is 6.07 Å². The van der Waals surface area contributed by atoms with Gasteiger partial charge in [-0.2, -0.15) is 0 Å². The highest BCUT2D eigenvalue weighted by atomic mass is 19.1. The fourth-order valence-corrected chi connectivity index (χ4v) is 2.56. The normalized spacial score (nSPS) is 13.7. The van der Waals surface area contributed by atoms with Gasteiger partial charge < -0.3 is 5.32 Å². The van der Waals surface area contributed by atoms with E-state index in [1.807, 2.05) is 0 Å². The smallest absolute Gasteiger partial charge is 0.261 e. The lowest BCUT2D eigenvalue weighted by Gasteiger charge is -2.08. The molecule has 4 rings (SSSR count). The standard InChI is InChI=1S/C17H13F2N5O/c18-13-2-1-3-14(19)15(13)17(25)20-11-6-4-10(5-7-11)16-21-22-23-24(16)12-8-9-12/h1-7,12H,8-9H2,(H,20,25). The molecule has 0 unspecified atom stereocenters. The van der Waals surface area contributed by atoms with Gasteiger partial charge in [-0.3, -0.25) is 4.79 Å². The SMILES string of the molecule is O=C(Nc1ccc(-c2nnnn2C2CC2)cc1)c1c(F)cccc1F. The van der Waals surface area contributed by atoms with E-state index in [1.54, 1.807) is 28.9 Å². The molecule has 1 aliphatic carbocycles. The molecule has 1 aromatic heterocycles. The third-order valence-corrected chi connectivity index (χ3v) is 3.98. The van der Waals surface area contributed by atoms with E-state index in [2.05, 4.69) is 20.8 Å². The Morgan fingerprint density at radius 2 is 1.76 bits per heavy atom. The molecule has 3 aromatic rings. The quantitative estimate of drug-likeness (QED) is 0.791. The monoisotopic (exact) mass is 341 g/mol. The van der Waals surface area contributed by atoms with Crippen LogP contribution in [0.1, 0.15) is 29.2 Å². The molecule has 25 heavy (non-hydrogen) atoms. The molecule has 0 spiro atoms. The Morgan fingerprint density at radius 1 is 1.08 bits per heavy atom. The Hall–Kier alpha value is -3.16. The number of carbonyl (C=O) groups excluding carboxylic acids is 1. The second kappa shape index (κ2) is 6.04. The van der Waals surface area contributed by atoms with Gasteiger partial charge in [0.25, 0.3) is 5.91 Å². The zero-order valence-corrected chi connectivity index (χ0v) is 13.0. The summed E-state index contributed by atoms with van der Waals surface area (Å²) in [5, 5.41) is 14.2. The molecule has 1 heterocycles. The molecule has 0 aliphatic heterocycles. The number of aromatic nitrogens is 4. The minimum absolute atomic E-state index is 0.341. The zero-order chi connectivity index (χ0) is 17.4. The maximum atomic E-state index is 13.7. The summed E-state index contributed by atoms with van der Waals surface area (Å²) in [4.78, 5) is 12.1. The van der Waals surface area contributed by atoms with Crippen LogP contribution in [0.25, 0.3) is 11.4 Å². The molecular weight excluding hydrogens is 328 g/mol. The molecule has 0 bridgehead atoms. The molecule has 8 heteroatoms. The van der Waals surface area contributed by atoms with Crippen molar-refractivity contribution in [2.75, 3.05) is 5.32 Å². The van der Waals surface area contributed by atoms with Crippen LogP contribution in [-0.4, -0.2) is 26.1 Å². The van der Waals surface area contributed by atoms with E-state index < -0.39 is 23.1 Å². The Balaban J connectivity index is 1.54. The van der Waals surface area contributed by atoms with Crippen LogP contribution in [0.4, 0.5) is 14.5 Å². The Kier molecular flexibility index (Phi) is 3.72. The summed E-state index contributed by atoms with van der Waals surface area (Å²) >= 11 is 0.